The Balaban J connectivity index is 2.31. The summed E-state index contributed by atoms with van der Waals surface area (Å²) < 4.78 is 0. The summed E-state index contributed by atoms with van der Waals surface area (Å²) >= 11 is 0. The van der Waals surface area contributed by atoms with E-state index in [0.717, 1.165) is 13.1 Å². The van der Waals surface area contributed by atoms with Crippen molar-refractivity contribution in [2.24, 2.45) is 0 Å². The molecule has 0 aliphatic rings. The molecule has 2 rings (SSSR count). The number of aromatic nitrogens is 1. The van der Waals surface area contributed by atoms with Gasteiger partial charge in [-0.05, 0) is 32.0 Å². The number of nitrogens with one attached hydrogen (secondary N) is 1. The van der Waals surface area contributed by atoms with Crippen molar-refractivity contribution in [3.05, 3.63) is 53.9 Å². The maximum Gasteiger partial charge on any atom is 0.0487 e. The van der Waals surface area contributed by atoms with Gasteiger partial charge < -0.3 is 10.2 Å². The zero-order valence-electron chi connectivity index (χ0n) is 13.4. The lowest BCUT2D eigenvalue weighted by molar-refractivity contribution is 0.588. The molecular weight excluding hydrogens is 258 g/mol. The van der Waals surface area contributed by atoms with Crippen molar-refractivity contribution < 1.29 is 0 Å². The van der Waals surface area contributed by atoms with E-state index in [0.29, 0.717) is 6.04 Å². The van der Waals surface area contributed by atoms with Gasteiger partial charge in [0.05, 0.1) is 0 Å². The number of hydrogen-bond donors (Lipinski definition) is 1. The average molecular weight is 283 g/mol. The molecule has 3 nitrogen and oxygen atoms in total. The van der Waals surface area contributed by atoms with Crippen LogP contribution in [0.25, 0.3) is 0 Å². The van der Waals surface area contributed by atoms with Gasteiger partial charge in [-0.1, -0.05) is 31.5 Å². The van der Waals surface area contributed by atoms with E-state index in [-0.39, 0.29) is 0 Å². The summed E-state index contributed by atoms with van der Waals surface area (Å²) in [5, 5.41) is 3.48. The van der Waals surface area contributed by atoms with Crippen LogP contribution < -0.4 is 10.2 Å². The fourth-order valence-electron chi connectivity index (χ4n) is 2.35. The topological polar surface area (TPSA) is 28.2 Å². The molecule has 0 amide bonds. The van der Waals surface area contributed by atoms with E-state index >= 15 is 0 Å². The zero-order valence-corrected chi connectivity index (χ0v) is 13.4. The molecular formula is C18H25N3. The lowest BCUT2D eigenvalue weighted by atomic mass is 10.1. The van der Waals surface area contributed by atoms with Crippen LogP contribution in [-0.2, 0) is 6.54 Å². The summed E-state index contributed by atoms with van der Waals surface area (Å²) in [6, 6.07) is 11.2. The highest BCUT2D eigenvalue weighted by Gasteiger charge is 2.12. The number of pyridine rings is 1. The van der Waals surface area contributed by atoms with Crippen LogP contribution >= 0.6 is 0 Å². The van der Waals surface area contributed by atoms with E-state index in [9.17, 15) is 0 Å². The molecule has 0 spiro atoms. The summed E-state index contributed by atoms with van der Waals surface area (Å²) in [6.45, 7) is 10.4. The van der Waals surface area contributed by atoms with E-state index in [1.165, 1.54) is 22.5 Å². The van der Waals surface area contributed by atoms with Crippen molar-refractivity contribution in [1.29, 1.82) is 0 Å². The van der Waals surface area contributed by atoms with E-state index < -0.39 is 0 Å². The van der Waals surface area contributed by atoms with Crippen LogP contribution in [0.4, 0.5) is 11.4 Å². The van der Waals surface area contributed by atoms with Gasteiger partial charge >= 0.3 is 0 Å². The van der Waals surface area contributed by atoms with Gasteiger partial charge in [-0.3, -0.25) is 4.98 Å². The number of anilines is 2. The second-order valence-corrected chi connectivity index (χ2v) is 5.62. The Labute approximate surface area is 128 Å². The summed E-state index contributed by atoms with van der Waals surface area (Å²) in [7, 11) is 0. The number of benzene rings is 1. The van der Waals surface area contributed by atoms with Crippen LogP contribution in [0.5, 0.6) is 0 Å². The fourth-order valence-corrected chi connectivity index (χ4v) is 2.35. The van der Waals surface area contributed by atoms with Gasteiger partial charge in [0, 0.05) is 48.5 Å². The van der Waals surface area contributed by atoms with Gasteiger partial charge in [-0.25, -0.2) is 0 Å². The molecule has 2 aromatic rings. The third-order valence-electron chi connectivity index (χ3n) is 3.53. The molecule has 0 aliphatic carbocycles. The maximum absolute atomic E-state index is 4.28. The van der Waals surface area contributed by atoms with Gasteiger partial charge in [0.15, 0.2) is 0 Å². The van der Waals surface area contributed by atoms with Crippen molar-refractivity contribution in [3.63, 3.8) is 0 Å². The van der Waals surface area contributed by atoms with Gasteiger partial charge in [-0.15, -0.1) is 0 Å². The first-order valence-corrected chi connectivity index (χ1v) is 7.62. The monoisotopic (exact) mass is 283 g/mol. The molecule has 1 aromatic heterocycles. The first-order valence-electron chi connectivity index (χ1n) is 7.62. The van der Waals surface area contributed by atoms with E-state index in [1.54, 1.807) is 0 Å². The van der Waals surface area contributed by atoms with Gasteiger partial charge in [0.25, 0.3) is 0 Å². The van der Waals surface area contributed by atoms with Crippen LogP contribution in [0.3, 0.4) is 0 Å². The van der Waals surface area contributed by atoms with E-state index in [4.69, 9.17) is 0 Å². The second kappa shape index (κ2) is 7.23. The van der Waals surface area contributed by atoms with Crippen LogP contribution in [0.1, 0.15) is 31.9 Å². The molecule has 21 heavy (non-hydrogen) atoms. The Morgan fingerprint density at radius 2 is 1.86 bits per heavy atom. The molecule has 112 valence electrons. The predicted molar refractivity (Wildman–Crippen MR) is 90.1 cm³/mol. The molecule has 1 N–H and O–H groups in total. The molecule has 0 unspecified atom stereocenters. The second-order valence-electron chi connectivity index (χ2n) is 5.62. The smallest absolute Gasteiger partial charge is 0.0487 e. The SMILES string of the molecule is CCN(c1ccc(C)cc1)c1ccncc1CNC(C)C. The van der Waals surface area contributed by atoms with Crippen molar-refractivity contribution in [1.82, 2.24) is 10.3 Å². The third kappa shape index (κ3) is 4.05. The predicted octanol–water partition coefficient (Wildman–Crippen LogP) is 4.05. The van der Waals surface area contributed by atoms with Crippen molar-refractivity contribution in [2.75, 3.05) is 11.4 Å². The van der Waals surface area contributed by atoms with E-state index in [2.05, 4.69) is 73.2 Å². The number of nitrogens with zero attached hydrogens (tertiary/aromatic N) is 2. The van der Waals surface area contributed by atoms with Crippen LogP contribution in [0.15, 0.2) is 42.7 Å². The molecule has 1 heterocycles. The number of hydrogen-bond acceptors (Lipinski definition) is 3. The quantitative estimate of drug-likeness (QED) is 0.867. The Morgan fingerprint density at radius 3 is 2.48 bits per heavy atom. The Morgan fingerprint density at radius 1 is 1.14 bits per heavy atom. The van der Waals surface area contributed by atoms with Crippen molar-refractivity contribution >= 4 is 11.4 Å². The molecule has 1 aromatic carbocycles. The van der Waals surface area contributed by atoms with Gasteiger partial charge in [-0.2, -0.15) is 0 Å². The molecule has 0 fully saturated rings. The van der Waals surface area contributed by atoms with Gasteiger partial charge in [0.2, 0.25) is 0 Å². The standard InChI is InChI=1S/C18H25N3/c1-5-21(17-8-6-15(4)7-9-17)18-10-11-19-12-16(18)13-20-14(2)3/h6-12,14,20H,5,13H2,1-4H3. The first-order chi connectivity index (χ1) is 10.1. The van der Waals surface area contributed by atoms with Crippen molar-refractivity contribution in [3.8, 4) is 0 Å². The minimum Gasteiger partial charge on any atom is -0.341 e. The highest BCUT2D eigenvalue weighted by molar-refractivity contribution is 5.66. The summed E-state index contributed by atoms with van der Waals surface area (Å²) in [6.07, 6.45) is 3.83. The molecule has 0 atom stereocenters. The Kier molecular flexibility index (Phi) is 5.34. The molecule has 3 heteroatoms. The zero-order chi connectivity index (χ0) is 15.2. The summed E-state index contributed by atoms with van der Waals surface area (Å²) in [5.74, 6) is 0. The van der Waals surface area contributed by atoms with Crippen LogP contribution in [-0.4, -0.2) is 17.6 Å². The summed E-state index contributed by atoms with van der Waals surface area (Å²) in [4.78, 5) is 6.61. The van der Waals surface area contributed by atoms with Crippen molar-refractivity contribution in [2.45, 2.75) is 40.3 Å². The highest BCUT2D eigenvalue weighted by Crippen LogP contribution is 2.28. The van der Waals surface area contributed by atoms with E-state index in [1.807, 2.05) is 12.4 Å². The Hall–Kier alpha value is -1.87. The fraction of sp³-hybridized carbons (Fsp3) is 0.389. The molecule has 0 saturated carbocycles. The van der Waals surface area contributed by atoms with Crippen LogP contribution in [0.2, 0.25) is 0 Å². The lowest BCUT2D eigenvalue weighted by Crippen LogP contribution is -2.24. The van der Waals surface area contributed by atoms with Crippen LogP contribution in [0, 0.1) is 6.92 Å². The maximum atomic E-state index is 4.28. The largest absolute Gasteiger partial charge is 0.341 e. The molecule has 0 aliphatic heterocycles. The highest BCUT2D eigenvalue weighted by atomic mass is 15.1. The lowest BCUT2D eigenvalue weighted by Gasteiger charge is -2.26. The minimum absolute atomic E-state index is 0.465. The third-order valence-corrected chi connectivity index (χ3v) is 3.53. The normalized spacial score (nSPS) is 10.9. The average Bonchev–Trinajstić information content (AvgIpc) is 2.49. The summed E-state index contributed by atoms with van der Waals surface area (Å²) in [5.41, 5.74) is 4.96. The molecule has 0 bridgehead atoms. The van der Waals surface area contributed by atoms with Gasteiger partial charge in [0.1, 0.15) is 0 Å². The molecule has 0 saturated heterocycles. The number of aryl methyl sites for hydroxylation is 1. The first kappa shape index (κ1) is 15.5. The minimum atomic E-state index is 0.465. The molecule has 0 radical (unpaired) electrons. The number of rotatable bonds is 6. The Bertz CT molecular complexity index is 561.